The van der Waals surface area contributed by atoms with Gasteiger partial charge in [0.25, 0.3) is 0 Å². The number of aliphatic hydroxyl groups excluding tert-OH is 1. The molecule has 0 fully saturated rings. The van der Waals surface area contributed by atoms with Crippen molar-refractivity contribution in [3.8, 4) is 0 Å². The molecule has 17 heavy (non-hydrogen) atoms. The fourth-order valence-corrected chi connectivity index (χ4v) is 1.54. The Bertz CT molecular complexity index is 393. The first-order valence-corrected chi connectivity index (χ1v) is 5.35. The summed E-state index contributed by atoms with van der Waals surface area (Å²) in [5, 5.41) is 18.1. The van der Waals surface area contributed by atoms with Gasteiger partial charge in [-0.15, -0.1) is 0 Å². The SMILES string of the molecule is O=C(O)CCCCC(O)c1ccc(F)cc1F. The molecule has 0 aliphatic rings. The van der Waals surface area contributed by atoms with Gasteiger partial charge in [-0.25, -0.2) is 8.78 Å². The van der Waals surface area contributed by atoms with Crippen LogP contribution < -0.4 is 0 Å². The van der Waals surface area contributed by atoms with E-state index < -0.39 is 23.7 Å². The standard InChI is InChI=1S/C12H14F2O3/c13-8-5-6-9(10(14)7-8)11(15)3-1-2-4-12(16)17/h5-7,11,15H,1-4H2,(H,16,17). The highest BCUT2D eigenvalue weighted by atomic mass is 19.1. The molecule has 5 heteroatoms. The van der Waals surface area contributed by atoms with E-state index >= 15 is 0 Å². The molecule has 0 heterocycles. The van der Waals surface area contributed by atoms with Crippen LogP contribution in [0.4, 0.5) is 8.78 Å². The van der Waals surface area contributed by atoms with Crippen LogP contribution >= 0.6 is 0 Å². The number of carboxylic acid groups (broad SMARTS) is 1. The summed E-state index contributed by atoms with van der Waals surface area (Å²) >= 11 is 0. The lowest BCUT2D eigenvalue weighted by molar-refractivity contribution is -0.137. The topological polar surface area (TPSA) is 57.5 Å². The van der Waals surface area contributed by atoms with E-state index in [9.17, 15) is 18.7 Å². The van der Waals surface area contributed by atoms with Gasteiger partial charge < -0.3 is 10.2 Å². The average Bonchev–Trinajstić information content (AvgIpc) is 2.23. The smallest absolute Gasteiger partial charge is 0.303 e. The number of unbranched alkanes of at least 4 members (excludes halogenated alkanes) is 1. The van der Waals surface area contributed by atoms with Crippen LogP contribution in [0.1, 0.15) is 37.4 Å². The zero-order valence-electron chi connectivity index (χ0n) is 9.20. The summed E-state index contributed by atoms with van der Waals surface area (Å²) in [7, 11) is 0. The Morgan fingerprint density at radius 1 is 1.29 bits per heavy atom. The number of aliphatic hydroxyl groups is 1. The number of hydrogen-bond acceptors (Lipinski definition) is 2. The Balaban J connectivity index is 2.46. The van der Waals surface area contributed by atoms with Gasteiger partial charge in [-0.1, -0.05) is 6.07 Å². The summed E-state index contributed by atoms with van der Waals surface area (Å²) in [6.45, 7) is 0. The summed E-state index contributed by atoms with van der Waals surface area (Å²) in [5.41, 5.74) is 0.0433. The molecule has 0 bridgehead atoms. The molecule has 1 aromatic carbocycles. The first-order chi connectivity index (χ1) is 8.00. The van der Waals surface area contributed by atoms with E-state index in [4.69, 9.17) is 5.11 Å². The van der Waals surface area contributed by atoms with Crippen molar-refractivity contribution in [3.63, 3.8) is 0 Å². The Morgan fingerprint density at radius 3 is 2.59 bits per heavy atom. The number of benzene rings is 1. The van der Waals surface area contributed by atoms with Crippen molar-refractivity contribution in [1.82, 2.24) is 0 Å². The van der Waals surface area contributed by atoms with E-state index in [2.05, 4.69) is 0 Å². The molecule has 1 atom stereocenters. The zero-order valence-corrected chi connectivity index (χ0v) is 9.20. The van der Waals surface area contributed by atoms with Gasteiger partial charge in [-0.05, 0) is 25.3 Å². The van der Waals surface area contributed by atoms with Crippen molar-refractivity contribution in [2.45, 2.75) is 31.8 Å². The van der Waals surface area contributed by atoms with Crippen molar-refractivity contribution >= 4 is 5.97 Å². The first kappa shape index (κ1) is 13.6. The molecule has 2 N–H and O–H groups in total. The van der Waals surface area contributed by atoms with E-state index in [-0.39, 0.29) is 18.4 Å². The molecule has 0 spiro atoms. The van der Waals surface area contributed by atoms with Gasteiger partial charge in [0.2, 0.25) is 0 Å². The second-order valence-electron chi connectivity index (χ2n) is 3.82. The Hall–Kier alpha value is -1.49. The highest BCUT2D eigenvalue weighted by Crippen LogP contribution is 2.22. The Morgan fingerprint density at radius 2 is 2.00 bits per heavy atom. The van der Waals surface area contributed by atoms with E-state index in [0.717, 1.165) is 12.1 Å². The molecule has 1 unspecified atom stereocenters. The van der Waals surface area contributed by atoms with Crippen LogP contribution in [0.3, 0.4) is 0 Å². The van der Waals surface area contributed by atoms with Crippen LogP contribution in [0.2, 0.25) is 0 Å². The molecular weight excluding hydrogens is 230 g/mol. The number of carbonyl (C=O) groups is 1. The first-order valence-electron chi connectivity index (χ1n) is 5.35. The van der Waals surface area contributed by atoms with E-state index in [1.165, 1.54) is 6.07 Å². The van der Waals surface area contributed by atoms with Crippen LogP contribution in [-0.4, -0.2) is 16.2 Å². The van der Waals surface area contributed by atoms with Gasteiger partial charge in [0.05, 0.1) is 6.10 Å². The van der Waals surface area contributed by atoms with E-state index in [0.29, 0.717) is 12.8 Å². The molecule has 0 aliphatic heterocycles. The minimum Gasteiger partial charge on any atom is -0.481 e. The maximum Gasteiger partial charge on any atom is 0.303 e. The second kappa shape index (κ2) is 6.30. The summed E-state index contributed by atoms with van der Waals surface area (Å²) < 4.78 is 25.9. The molecule has 3 nitrogen and oxygen atoms in total. The van der Waals surface area contributed by atoms with Gasteiger partial charge in [0.1, 0.15) is 11.6 Å². The van der Waals surface area contributed by atoms with Gasteiger partial charge in [0, 0.05) is 18.1 Å². The van der Waals surface area contributed by atoms with E-state index in [1.54, 1.807) is 0 Å². The quantitative estimate of drug-likeness (QED) is 0.756. The lowest BCUT2D eigenvalue weighted by atomic mass is 10.0. The van der Waals surface area contributed by atoms with Crippen LogP contribution in [0.15, 0.2) is 18.2 Å². The molecule has 1 aromatic rings. The van der Waals surface area contributed by atoms with Crippen LogP contribution in [0, 0.1) is 11.6 Å². The lowest BCUT2D eigenvalue weighted by Crippen LogP contribution is -2.02. The summed E-state index contributed by atoms with van der Waals surface area (Å²) in [4.78, 5) is 10.2. The highest BCUT2D eigenvalue weighted by molar-refractivity contribution is 5.66. The average molecular weight is 244 g/mol. The molecule has 0 radical (unpaired) electrons. The Labute approximate surface area is 97.7 Å². The highest BCUT2D eigenvalue weighted by Gasteiger charge is 2.13. The minimum absolute atomic E-state index is 0.0264. The summed E-state index contributed by atoms with van der Waals surface area (Å²) in [6.07, 6.45) is 0.165. The van der Waals surface area contributed by atoms with Crippen molar-refractivity contribution in [2.24, 2.45) is 0 Å². The molecule has 0 saturated carbocycles. The molecule has 1 rings (SSSR count). The van der Waals surface area contributed by atoms with Crippen molar-refractivity contribution in [2.75, 3.05) is 0 Å². The molecule has 0 amide bonds. The third-order valence-corrected chi connectivity index (χ3v) is 2.44. The van der Waals surface area contributed by atoms with Crippen molar-refractivity contribution < 1.29 is 23.8 Å². The third kappa shape index (κ3) is 4.48. The van der Waals surface area contributed by atoms with Gasteiger partial charge in [-0.3, -0.25) is 4.79 Å². The largest absolute Gasteiger partial charge is 0.481 e. The number of halogens is 2. The number of rotatable bonds is 6. The predicted molar refractivity (Wildman–Crippen MR) is 57.4 cm³/mol. The van der Waals surface area contributed by atoms with Crippen molar-refractivity contribution in [3.05, 3.63) is 35.4 Å². The van der Waals surface area contributed by atoms with Gasteiger partial charge in [0.15, 0.2) is 0 Å². The Kier molecular flexibility index (Phi) is 5.03. The maximum absolute atomic E-state index is 13.2. The van der Waals surface area contributed by atoms with Gasteiger partial charge in [-0.2, -0.15) is 0 Å². The van der Waals surface area contributed by atoms with Crippen LogP contribution in [0.25, 0.3) is 0 Å². The predicted octanol–water partition coefficient (Wildman–Crippen LogP) is 2.64. The molecular formula is C12H14F2O3. The monoisotopic (exact) mass is 244 g/mol. The minimum atomic E-state index is -1.02. The molecule has 0 saturated heterocycles. The number of hydrogen-bond donors (Lipinski definition) is 2. The second-order valence-corrected chi connectivity index (χ2v) is 3.82. The zero-order chi connectivity index (χ0) is 12.8. The van der Waals surface area contributed by atoms with Crippen LogP contribution in [0.5, 0.6) is 0 Å². The van der Waals surface area contributed by atoms with Gasteiger partial charge >= 0.3 is 5.97 Å². The fraction of sp³-hybridized carbons (Fsp3) is 0.417. The number of carboxylic acids is 1. The van der Waals surface area contributed by atoms with Crippen molar-refractivity contribution in [1.29, 1.82) is 0 Å². The third-order valence-electron chi connectivity index (χ3n) is 2.44. The summed E-state index contributed by atoms with van der Waals surface area (Å²) in [5.74, 6) is -2.37. The molecule has 0 aliphatic carbocycles. The summed E-state index contributed by atoms with van der Waals surface area (Å²) in [6, 6.07) is 3.00. The van der Waals surface area contributed by atoms with Crippen LogP contribution in [-0.2, 0) is 4.79 Å². The molecule has 0 aromatic heterocycles. The fourth-order valence-electron chi connectivity index (χ4n) is 1.54. The number of aliphatic carboxylic acids is 1. The maximum atomic E-state index is 13.2. The van der Waals surface area contributed by atoms with E-state index in [1.807, 2.05) is 0 Å². The molecule has 94 valence electrons. The normalized spacial score (nSPS) is 12.4. The lowest BCUT2D eigenvalue weighted by Gasteiger charge is -2.11.